The van der Waals surface area contributed by atoms with Gasteiger partial charge in [0.2, 0.25) is 0 Å². The quantitative estimate of drug-likeness (QED) is 0.694. The molecule has 20 heavy (non-hydrogen) atoms. The van der Waals surface area contributed by atoms with E-state index < -0.39 is 5.82 Å². The molecule has 0 spiro atoms. The van der Waals surface area contributed by atoms with Gasteiger partial charge in [0.25, 0.3) is 0 Å². The Morgan fingerprint density at radius 3 is 2.80 bits per heavy atom. The zero-order chi connectivity index (χ0) is 14.1. The molecule has 3 rings (SSSR count). The molecule has 0 amide bonds. The molecule has 0 aliphatic rings. The van der Waals surface area contributed by atoms with Crippen molar-refractivity contribution in [3.05, 3.63) is 36.7 Å². The Kier molecular flexibility index (Phi) is 3.27. The Labute approximate surface area is 118 Å². The second kappa shape index (κ2) is 5.09. The summed E-state index contributed by atoms with van der Waals surface area (Å²) >= 11 is 1.40. The summed E-state index contributed by atoms with van der Waals surface area (Å²) < 4.78 is 20.6. The number of imidazole rings is 1. The molecule has 0 saturated heterocycles. The summed E-state index contributed by atoms with van der Waals surface area (Å²) in [6.45, 7) is 0. The molecule has 1 aromatic carbocycles. The van der Waals surface area contributed by atoms with Crippen LogP contribution >= 0.6 is 11.8 Å². The third-order valence-corrected chi connectivity index (χ3v) is 3.93. The van der Waals surface area contributed by atoms with Crippen LogP contribution in [0.2, 0.25) is 0 Å². The van der Waals surface area contributed by atoms with E-state index in [0.29, 0.717) is 10.5 Å². The van der Waals surface area contributed by atoms with E-state index in [2.05, 4.69) is 15.0 Å². The van der Waals surface area contributed by atoms with Crippen LogP contribution < -0.4 is 4.74 Å². The van der Waals surface area contributed by atoms with Crippen LogP contribution in [0.5, 0.6) is 5.75 Å². The third-order valence-electron chi connectivity index (χ3n) is 2.84. The summed E-state index contributed by atoms with van der Waals surface area (Å²) in [5.41, 5.74) is 0.537. The van der Waals surface area contributed by atoms with Crippen molar-refractivity contribution in [2.45, 2.75) is 10.2 Å². The van der Waals surface area contributed by atoms with E-state index in [4.69, 9.17) is 4.74 Å². The fourth-order valence-electron chi connectivity index (χ4n) is 1.81. The Morgan fingerprint density at radius 2 is 2.10 bits per heavy atom. The highest BCUT2D eigenvalue weighted by molar-refractivity contribution is 7.99. The molecule has 0 fully saturated rings. The van der Waals surface area contributed by atoms with Gasteiger partial charge in [-0.15, -0.1) is 0 Å². The van der Waals surface area contributed by atoms with Crippen LogP contribution in [0.1, 0.15) is 0 Å². The maximum absolute atomic E-state index is 13.7. The Balaban J connectivity index is 2.13. The van der Waals surface area contributed by atoms with E-state index in [1.807, 2.05) is 17.8 Å². The van der Waals surface area contributed by atoms with Gasteiger partial charge in [0.05, 0.1) is 12.6 Å². The summed E-state index contributed by atoms with van der Waals surface area (Å²) in [4.78, 5) is 12.6. The lowest BCUT2D eigenvalue weighted by Gasteiger charge is -2.07. The van der Waals surface area contributed by atoms with Crippen LogP contribution in [0.3, 0.4) is 0 Å². The molecule has 3 aromatic rings. The van der Waals surface area contributed by atoms with Crippen molar-refractivity contribution in [3.8, 4) is 5.75 Å². The minimum Gasteiger partial charge on any atom is -0.494 e. The molecular weight excluding hydrogens is 279 g/mol. The third kappa shape index (κ3) is 2.20. The number of aromatic nitrogens is 4. The molecule has 7 heteroatoms. The predicted molar refractivity (Wildman–Crippen MR) is 73.4 cm³/mol. The number of ether oxygens (including phenoxy) is 1. The van der Waals surface area contributed by atoms with Gasteiger partial charge in [-0.25, -0.2) is 19.3 Å². The van der Waals surface area contributed by atoms with Crippen LogP contribution in [0.4, 0.5) is 4.39 Å². The molecule has 0 radical (unpaired) electrons. The van der Waals surface area contributed by atoms with Crippen LogP contribution in [0.25, 0.3) is 10.9 Å². The summed E-state index contributed by atoms with van der Waals surface area (Å²) in [6, 6.07) is 2.95. The average molecular weight is 290 g/mol. The minimum absolute atomic E-state index is 0.175. The molecule has 0 saturated carbocycles. The lowest BCUT2D eigenvalue weighted by Crippen LogP contribution is -1.94. The van der Waals surface area contributed by atoms with Gasteiger partial charge in [-0.05, 0) is 17.8 Å². The number of fused-ring (bicyclic) bond motifs is 1. The van der Waals surface area contributed by atoms with Crippen molar-refractivity contribution in [1.82, 2.24) is 19.5 Å². The van der Waals surface area contributed by atoms with E-state index in [-0.39, 0.29) is 5.75 Å². The van der Waals surface area contributed by atoms with Gasteiger partial charge in [-0.3, -0.25) is 0 Å². The molecule has 0 aliphatic heterocycles. The first kappa shape index (κ1) is 12.9. The van der Waals surface area contributed by atoms with Gasteiger partial charge in [0.15, 0.2) is 16.7 Å². The highest BCUT2D eigenvalue weighted by atomic mass is 32.2. The van der Waals surface area contributed by atoms with E-state index in [9.17, 15) is 4.39 Å². The number of halogens is 1. The molecule has 2 aromatic heterocycles. The van der Waals surface area contributed by atoms with Crippen LogP contribution in [-0.2, 0) is 7.05 Å². The van der Waals surface area contributed by atoms with Crippen molar-refractivity contribution in [2.75, 3.05) is 7.11 Å². The molecule has 0 bridgehead atoms. The number of benzene rings is 1. The van der Waals surface area contributed by atoms with E-state index in [1.54, 1.807) is 12.3 Å². The Morgan fingerprint density at radius 1 is 1.25 bits per heavy atom. The average Bonchev–Trinajstić information content (AvgIpc) is 2.84. The molecular formula is C13H11FN4OS. The molecule has 0 atom stereocenters. The predicted octanol–water partition coefficient (Wildman–Crippen LogP) is 2.66. The summed E-state index contributed by atoms with van der Waals surface area (Å²) in [5, 5.41) is 2.25. The number of hydrogen-bond acceptors (Lipinski definition) is 5. The standard InChI is InChI=1S/C13H11FN4OS/c1-18-4-3-15-13(18)20-12-8-5-11(19-2)9(14)6-10(8)16-7-17-12/h3-7H,1-2H3. The van der Waals surface area contributed by atoms with Gasteiger partial charge in [0.1, 0.15) is 11.4 Å². The van der Waals surface area contributed by atoms with Crippen molar-refractivity contribution < 1.29 is 9.13 Å². The van der Waals surface area contributed by atoms with Gasteiger partial charge in [0, 0.05) is 30.9 Å². The van der Waals surface area contributed by atoms with Crippen LogP contribution in [0, 0.1) is 5.82 Å². The van der Waals surface area contributed by atoms with Crippen molar-refractivity contribution in [3.63, 3.8) is 0 Å². The summed E-state index contributed by atoms with van der Waals surface area (Å²) in [5.74, 6) is -0.263. The molecule has 0 aliphatic carbocycles. The minimum atomic E-state index is -0.438. The van der Waals surface area contributed by atoms with Crippen LogP contribution in [0.15, 0.2) is 41.0 Å². The zero-order valence-corrected chi connectivity index (χ0v) is 11.7. The fraction of sp³-hybridized carbons (Fsp3) is 0.154. The van der Waals surface area contributed by atoms with E-state index in [0.717, 1.165) is 10.5 Å². The van der Waals surface area contributed by atoms with Crippen molar-refractivity contribution >= 4 is 22.7 Å². The number of aryl methyl sites for hydroxylation is 1. The first-order valence-corrected chi connectivity index (χ1v) is 6.64. The number of nitrogens with zero attached hydrogens (tertiary/aromatic N) is 4. The van der Waals surface area contributed by atoms with Crippen LogP contribution in [-0.4, -0.2) is 26.6 Å². The van der Waals surface area contributed by atoms with Gasteiger partial charge in [-0.1, -0.05) is 0 Å². The monoisotopic (exact) mass is 290 g/mol. The molecule has 2 heterocycles. The SMILES string of the molecule is COc1cc2c(Sc3nccn3C)ncnc2cc1F. The zero-order valence-electron chi connectivity index (χ0n) is 10.9. The largest absolute Gasteiger partial charge is 0.494 e. The highest BCUT2D eigenvalue weighted by Gasteiger charge is 2.12. The molecule has 102 valence electrons. The Hall–Kier alpha value is -2.15. The topological polar surface area (TPSA) is 52.8 Å². The van der Waals surface area contributed by atoms with Gasteiger partial charge < -0.3 is 9.30 Å². The summed E-state index contributed by atoms with van der Waals surface area (Å²) in [7, 11) is 3.33. The number of rotatable bonds is 3. The van der Waals surface area contributed by atoms with Gasteiger partial charge in [-0.2, -0.15) is 0 Å². The highest BCUT2D eigenvalue weighted by Crippen LogP contribution is 2.32. The Bertz CT molecular complexity index is 774. The first-order valence-electron chi connectivity index (χ1n) is 5.82. The van der Waals surface area contributed by atoms with Crippen molar-refractivity contribution in [1.29, 1.82) is 0 Å². The van der Waals surface area contributed by atoms with E-state index in [1.165, 1.54) is 31.3 Å². The fourth-order valence-corrected chi connectivity index (χ4v) is 2.67. The lowest BCUT2D eigenvalue weighted by molar-refractivity contribution is 0.387. The molecule has 0 unspecified atom stereocenters. The number of methoxy groups -OCH3 is 1. The maximum atomic E-state index is 13.7. The number of hydrogen-bond donors (Lipinski definition) is 0. The smallest absolute Gasteiger partial charge is 0.174 e. The maximum Gasteiger partial charge on any atom is 0.174 e. The molecule has 5 nitrogen and oxygen atoms in total. The normalized spacial score (nSPS) is 10.9. The second-order valence-electron chi connectivity index (χ2n) is 4.11. The lowest BCUT2D eigenvalue weighted by atomic mass is 10.2. The van der Waals surface area contributed by atoms with Crippen molar-refractivity contribution in [2.24, 2.45) is 7.05 Å². The molecule has 0 N–H and O–H groups in total. The second-order valence-corrected chi connectivity index (χ2v) is 5.06. The summed E-state index contributed by atoms with van der Waals surface area (Å²) in [6.07, 6.45) is 4.98. The van der Waals surface area contributed by atoms with Gasteiger partial charge >= 0.3 is 0 Å². The first-order chi connectivity index (χ1) is 9.69. The van der Waals surface area contributed by atoms with E-state index >= 15 is 0 Å².